The Labute approximate surface area is 826 Å². The Bertz CT molecular complexity index is 5860. The number of carbonyl (C=O) groups is 5. The van der Waals surface area contributed by atoms with Crippen molar-refractivity contribution in [2.24, 2.45) is 17.2 Å². The van der Waals surface area contributed by atoms with E-state index in [1.165, 1.54) is 48.4 Å². The molecule has 3 fully saturated rings. The van der Waals surface area contributed by atoms with Gasteiger partial charge in [0.15, 0.2) is 0 Å². The highest BCUT2D eigenvalue weighted by Gasteiger charge is 2.36. The molecule has 139 heavy (non-hydrogen) atoms. The number of hydrogen-bond acceptors (Lipinski definition) is 24. The summed E-state index contributed by atoms with van der Waals surface area (Å²) in [6.07, 6.45) is 0. The summed E-state index contributed by atoms with van der Waals surface area (Å²) in [5.41, 5.74) is 23.7. The summed E-state index contributed by atoms with van der Waals surface area (Å²) >= 11 is 0. The van der Waals surface area contributed by atoms with Crippen LogP contribution < -0.4 is 33.8 Å². The lowest BCUT2D eigenvalue weighted by molar-refractivity contribution is -0.143. The number of hydrogen-bond donors (Lipinski definition) is 7. The third-order valence-electron chi connectivity index (χ3n) is 20.3. The molecule has 0 aliphatic carbocycles. The Morgan fingerprint density at radius 2 is 0.763 bits per heavy atom. The highest BCUT2D eigenvalue weighted by Crippen LogP contribution is 2.26. The van der Waals surface area contributed by atoms with Crippen LogP contribution in [0.1, 0.15) is 170 Å². The van der Waals surface area contributed by atoms with E-state index in [4.69, 9.17) is 37.0 Å². The minimum atomic E-state index is -3.98. The summed E-state index contributed by atoms with van der Waals surface area (Å²) in [7, 11) is -18.3. The van der Waals surface area contributed by atoms with E-state index in [0.717, 1.165) is 5.56 Å². The van der Waals surface area contributed by atoms with E-state index in [2.05, 4.69) is 20.2 Å². The molecule has 3 aliphatic heterocycles. The second-order valence-corrected chi connectivity index (χ2v) is 38.1. The first-order valence-corrected chi connectivity index (χ1v) is 53.9. The van der Waals surface area contributed by atoms with Crippen LogP contribution in [0.15, 0.2) is 284 Å². The SMILES string of the molecule is CC.CC.CC.CC.CC.CC.CC.CC(=O)C(C)N.CC(C(=O)Nc1ccccc1C(N)=O)N1CCN(S(=O)(=O)c2ccccc2)CC1.CC(C(=O)O)N1CCN(S(=O)(=O)c2ccccc2)CC1.CC(c1nc2ccccc2c(=O)[nH]1)N1CCN(S(=O)(=O)c2ccccc2)CC1.NC(=O)c1ccccc1N.O=S(=O)(OCCN(CCOCc1ccccc1)S(=O)(=O)c1ccccc1)c1ccccc1. The zero-order chi connectivity index (χ0) is 105. The summed E-state index contributed by atoms with van der Waals surface area (Å²) in [6, 6.07) is 69.4. The number of anilines is 2. The van der Waals surface area contributed by atoms with Gasteiger partial charge in [0.2, 0.25) is 46.0 Å². The Balaban J connectivity index is 0.000000849. The maximum absolute atomic E-state index is 13.1. The number of fused-ring (bicyclic) bond motifs is 1. The number of amides is 3. The number of ketones is 1. The molecule has 1 aromatic heterocycles. The summed E-state index contributed by atoms with van der Waals surface area (Å²) in [4.78, 5) is 82.3. The van der Waals surface area contributed by atoms with Crippen LogP contribution >= 0.6 is 0 Å². The van der Waals surface area contributed by atoms with Gasteiger partial charge in [0.05, 0.1) is 90.1 Å². The predicted octanol–water partition coefficient (Wildman–Crippen LogP) is 14.3. The first-order chi connectivity index (χ1) is 66.4. The molecular weight excluding hydrogens is 1870 g/mol. The highest BCUT2D eigenvalue weighted by atomic mass is 32.2. The molecule has 11 N–H and O–H groups in total. The van der Waals surface area contributed by atoms with Crippen LogP contribution in [-0.4, -0.2) is 242 Å². The molecule has 10 aromatic rings. The number of nitrogens with two attached hydrogens (primary N) is 4. The van der Waals surface area contributed by atoms with Gasteiger partial charge in [0.1, 0.15) is 17.6 Å². The molecular formula is C101H148N14O19S5. The van der Waals surface area contributed by atoms with Crippen LogP contribution in [0.4, 0.5) is 11.4 Å². The standard InChI is InChI=1S/C23H25NO6S2.C20H24N4O4S.C20H22N4O3S.C13H18N2O4S.C7H8N2O.C4H9NO.7C2H6/c25-31(26,22-12-6-2-7-13-22)24(16-18-29-20-21-10-4-1-5-11-21)17-19-30-32(27,28)23-14-8-3-9-15-23;1-15(20(26)22-18-10-6-5-9-17(18)19(21)25)23-11-13-24(14-12-23)29(27,28)16-7-3-2-4-8-16;1-15(19-21-18-10-6-5-9-17(18)20(25)22-19)23-11-13-24(14-12-23)28(26,27)16-7-3-2-4-8-16;1-11(13(16)17)14-7-9-15(10-8-14)20(18,19)12-5-3-2-4-6-12;8-6-4-2-1-3-5(6)7(9)10;1-3(5)4(2)6;7*1-2/h1-15H,16-20H2;2-10,15H,11-14H2,1H3,(H2,21,25)(H,22,26);2-10,15H,11-14H2,1H3,(H,21,22,25);2-6,11H,7-10H2,1H3,(H,16,17);1-4H,8H2,(H2,9,10);3H,5H2,1-2H3;7*1-2H3. The van der Waals surface area contributed by atoms with Crippen molar-refractivity contribution in [1.82, 2.24) is 41.9 Å². The van der Waals surface area contributed by atoms with Crippen molar-refractivity contribution in [1.29, 1.82) is 0 Å². The van der Waals surface area contributed by atoms with Gasteiger partial charge in [0.25, 0.3) is 27.5 Å². The number of sulfonamides is 4. The van der Waals surface area contributed by atoms with Crippen molar-refractivity contribution < 1.29 is 80.1 Å². The minimum absolute atomic E-state index is 0.0173. The molecule has 4 atom stereocenters. The van der Waals surface area contributed by atoms with Crippen molar-refractivity contribution in [3.05, 3.63) is 288 Å². The maximum Gasteiger partial charge on any atom is 0.320 e. The second kappa shape index (κ2) is 67.2. The molecule has 38 heteroatoms. The molecule has 33 nitrogen and oxygen atoms in total. The quantitative estimate of drug-likeness (QED) is 0.0136. The van der Waals surface area contributed by atoms with Gasteiger partial charge >= 0.3 is 5.97 Å². The fourth-order valence-corrected chi connectivity index (χ4v) is 19.4. The van der Waals surface area contributed by atoms with Gasteiger partial charge in [-0.2, -0.15) is 25.6 Å². The number of H-pyrrole nitrogens is 1. The number of carboxylic acid groups (broad SMARTS) is 1. The van der Waals surface area contributed by atoms with E-state index in [1.54, 1.807) is 208 Å². The summed E-state index contributed by atoms with van der Waals surface area (Å²) in [6.45, 7) is 41.5. The molecule has 0 radical (unpaired) electrons. The molecule has 3 saturated heterocycles. The van der Waals surface area contributed by atoms with Gasteiger partial charge in [-0.25, -0.2) is 38.7 Å². The largest absolute Gasteiger partial charge is 0.480 e. The second-order valence-electron chi connectivity index (χ2n) is 28.7. The van der Waals surface area contributed by atoms with Crippen molar-refractivity contribution in [2.45, 2.75) is 187 Å². The highest BCUT2D eigenvalue weighted by molar-refractivity contribution is 7.90. The van der Waals surface area contributed by atoms with Crippen molar-refractivity contribution >= 4 is 102 Å². The van der Waals surface area contributed by atoms with Crippen LogP contribution in [0, 0.1) is 0 Å². The zero-order valence-electron chi connectivity index (χ0n) is 83.8. The Morgan fingerprint density at radius 3 is 1.14 bits per heavy atom. The van der Waals surface area contributed by atoms with Gasteiger partial charge < -0.3 is 43.1 Å². The van der Waals surface area contributed by atoms with E-state index < -0.39 is 80.1 Å². The molecule has 766 valence electrons. The third-order valence-corrected chi connectivity index (χ3v) is 29.3. The number of carbonyl (C=O) groups excluding carboxylic acids is 4. The first-order valence-electron chi connectivity index (χ1n) is 46.8. The number of carboxylic acids is 1. The summed E-state index contributed by atoms with van der Waals surface area (Å²) in [5, 5.41) is 12.3. The van der Waals surface area contributed by atoms with E-state index in [1.807, 2.05) is 157 Å². The zero-order valence-corrected chi connectivity index (χ0v) is 87.9. The van der Waals surface area contributed by atoms with Gasteiger partial charge in [-0.15, -0.1) is 0 Å². The van der Waals surface area contributed by atoms with Gasteiger partial charge in [0, 0.05) is 97.3 Å². The molecule has 0 bridgehead atoms. The topological polar surface area (TPSA) is 479 Å². The fraction of sp³-hybridized carbons (Fsp3) is 0.396. The van der Waals surface area contributed by atoms with Crippen LogP contribution in [-0.2, 0) is 80.1 Å². The number of nitrogens with zero attached hydrogens (tertiary/aromatic N) is 8. The molecule has 3 amide bonds. The number of aromatic nitrogens is 2. The average Bonchev–Trinajstić information content (AvgIpc) is 0.799. The molecule has 0 saturated carbocycles. The van der Waals surface area contributed by atoms with Crippen molar-refractivity contribution in [3.63, 3.8) is 0 Å². The van der Waals surface area contributed by atoms with Crippen LogP contribution in [0.3, 0.4) is 0 Å². The number of aliphatic carboxylic acids is 1. The fourth-order valence-electron chi connectivity index (χ4n) is 12.7. The van der Waals surface area contributed by atoms with Gasteiger partial charge in [-0.3, -0.25) is 47.7 Å². The minimum Gasteiger partial charge on any atom is -0.480 e. The number of piperazine rings is 3. The van der Waals surface area contributed by atoms with Crippen LogP contribution in [0.5, 0.6) is 0 Å². The average molecular weight is 2020 g/mol. The first kappa shape index (κ1) is 126. The maximum atomic E-state index is 13.1. The summed E-state index contributed by atoms with van der Waals surface area (Å²) < 4.78 is 143. The molecule has 4 unspecified atom stereocenters. The number of benzene rings is 9. The number of nitrogen functional groups attached to an aromatic ring is 1. The van der Waals surface area contributed by atoms with Crippen LogP contribution in [0.2, 0.25) is 0 Å². The molecule has 0 spiro atoms. The Kier molecular flexibility index (Phi) is 60.9. The van der Waals surface area contributed by atoms with E-state index >= 15 is 0 Å². The third kappa shape index (κ3) is 40.9. The van der Waals surface area contributed by atoms with Gasteiger partial charge in [-0.05, 0) is 137 Å². The van der Waals surface area contributed by atoms with Gasteiger partial charge in [-0.1, -0.05) is 255 Å². The summed E-state index contributed by atoms with van der Waals surface area (Å²) in [5.74, 6) is -1.63. The number of Topliss-reactive ketones (excluding diaryl/α,β-unsaturated/α-hetero) is 1. The molecule has 9 aromatic carbocycles. The van der Waals surface area contributed by atoms with E-state index in [0.29, 0.717) is 124 Å². The van der Waals surface area contributed by atoms with Crippen molar-refractivity contribution in [2.75, 3.05) is 116 Å². The Hall–Kier alpha value is -11.2. The monoisotopic (exact) mass is 2020 g/mol. The normalized spacial score (nSPS) is 14.3. The number of ether oxygens (including phenoxy) is 1. The number of primary amides is 2. The lowest BCUT2D eigenvalue weighted by Crippen LogP contribution is -2.53. The predicted molar refractivity (Wildman–Crippen MR) is 555 cm³/mol. The van der Waals surface area contributed by atoms with Crippen molar-refractivity contribution in [3.8, 4) is 0 Å². The Morgan fingerprint density at radius 1 is 0.432 bits per heavy atom. The van der Waals surface area contributed by atoms with Crippen LogP contribution in [0.25, 0.3) is 10.9 Å². The number of para-hydroxylation sites is 3. The molecule has 13 rings (SSSR count). The molecule has 3 aliphatic rings. The molecule has 4 heterocycles. The smallest absolute Gasteiger partial charge is 0.320 e. The lowest BCUT2D eigenvalue weighted by atomic mass is 10.1. The van der Waals surface area contributed by atoms with E-state index in [9.17, 15) is 70.9 Å². The number of rotatable bonds is 28. The number of nitrogens with one attached hydrogen (secondary N) is 2. The lowest BCUT2D eigenvalue weighted by Gasteiger charge is -2.36. The van der Waals surface area contributed by atoms with E-state index in [-0.39, 0.29) is 80.8 Å². The number of aromatic amines is 1.